The zero-order chi connectivity index (χ0) is 19.3. The first-order chi connectivity index (χ1) is 13.7. The van der Waals surface area contributed by atoms with Gasteiger partial charge in [0, 0.05) is 52.4 Å². The number of hydrogen-bond donors (Lipinski definition) is 1. The van der Waals surface area contributed by atoms with E-state index < -0.39 is 0 Å². The lowest BCUT2D eigenvalue weighted by Crippen LogP contribution is -2.55. The highest BCUT2D eigenvalue weighted by Crippen LogP contribution is 2.22. The normalized spacial score (nSPS) is 26.6. The third-order valence-corrected chi connectivity index (χ3v) is 6.32. The number of nitrogens with zero attached hydrogens (tertiary/aromatic N) is 3. The number of ether oxygens (including phenoxy) is 2. The predicted molar refractivity (Wildman–Crippen MR) is 127 cm³/mol. The standard InChI is InChI=1S/C22H34N4O2.HI/c1-17(25-10-9-18-6-3-4-7-19(18)15-25)14-24-22(23-2)26-11-13-28-21(16-26)20-8-5-12-27-20;/h3-4,6-7,17,20-21H,5,8-16H2,1-2H3,(H,23,24);1H. The van der Waals surface area contributed by atoms with E-state index in [9.17, 15) is 0 Å². The SMILES string of the molecule is CN=C(NCC(C)N1CCc2ccccc2C1)N1CCOC(C2CCCO2)C1.I. The van der Waals surface area contributed by atoms with Crippen molar-refractivity contribution in [3.05, 3.63) is 35.4 Å². The molecule has 1 N–H and O–H groups in total. The molecule has 29 heavy (non-hydrogen) atoms. The maximum Gasteiger partial charge on any atom is 0.193 e. The lowest BCUT2D eigenvalue weighted by atomic mass is 9.99. The molecule has 3 aliphatic heterocycles. The summed E-state index contributed by atoms with van der Waals surface area (Å²) in [5.41, 5.74) is 2.97. The molecule has 4 rings (SSSR count). The summed E-state index contributed by atoms with van der Waals surface area (Å²) in [6.07, 6.45) is 3.80. The van der Waals surface area contributed by atoms with Crippen LogP contribution in [0.15, 0.2) is 29.3 Å². The van der Waals surface area contributed by atoms with Crippen LogP contribution in [0.1, 0.15) is 30.9 Å². The summed E-state index contributed by atoms with van der Waals surface area (Å²) in [6.45, 7) is 8.72. The minimum Gasteiger partial charge on any atom is -0.375 e. The molecular formula is C22H35IN4O2. The molecule has 0 bridgehead atoms. The van der Waals surface area contributed by atoms with Gasteiger partial charge in [-0.2, -0.15) is 0 Å². The van der Waals surface area contributed by atoms with Gasteiger partial charge in [-0.1, -0.05) is 24.3 Å². The maximum atomic E-state index is 5.98. The van der Waals surface area contributed by atoms with Gasteiger partial charge in [-0.25, -0.2) is 0 Å². The molecule has 6 nitrogen and oxygen atoms in total. The zero-order valence-corrected chi connectivity index (χ0v) is 20.0. The van der Waals surface area contributed by atoms with Crippen molar-refractivity contribution < 1.29 is 9.47 Å². The average Bonchev–Trinajstić information content (AvgIpc) is 3.29. The van der Waals surface area contributed by atoms with Gasteiger partial charge in [0.15, 0.2) is 5.96 Å². The van der Waals surface area contributed by atoms with E-state index >= 15 is 0 Å². The number of hydrogen-bond acceptors (Lipinski definition) is 4. The van der Waals surface area contributed by atoms with Gasteiger partial charge < -0.3 is 19.7 Å². The summed E-state index contributed by atoms with van der Waals surface area (Å²) >= 11 is 0. The summed E-state index contributed by atoms with van der Waals surface area (Å²) in [5.74, 6) is 0.982. The quantitative estimate of drug-likeness (QED) is 0.380. The Morgan fingerprint density at radius 1 is 1.17 bits per heavy atom. The lowest BCUT2D eigenvalue weighted by molar-refractivity contribution is -0.0817. The molecule has 0 aromatic heterocycles. The Hall–Kier alpha value is -0.900. The summed E-state index contributed by atoms with van der Waals surface area (Å²) in [5, 5.41) is 3.61. The van der Waals surface area contributed by atoms with Crippen molar-refractivity contribution in [1.82, 2.24) is 15.1 Å². The van der Waals surface area contributed by atoms with Crippen LogP contribution in [0.5, 0.6) is 0 Å². The van der Waals surface area contributed by atoms with E-state index in [1.807, 2.05) is 7.05 Å². The maximum absolute atomic E-state index is 5.98. The first-order valence-electron chi connectivity index (χ1n) is 10.7. The van der Waals surface area contributed by atoms with E-state index in [-0.39, 0.29) is 36.2 Å². The van der Waals surface area contributed by atoms with Crippen LogP contribution in [0.4, 0.5) is 0 Å². The molecule has 0 spiro atoms. The summed E-state index contributed by atoms with van der Waals surface area (Å²) in [7, 11) is 1.88. The van der Waals surface area contributed by atoms with Gasteiger partial charge >= 0.3 is 0 Å². The van der Waals surface area contributed by atoms with Gasteiger partial charge in [0.2, 0.25) is 0 Å². The highest BCUT2D eigenvalue weighted by Gasteiger charge is 2.32. The molecule has 2 fully saturated rings. The van der Waals surface area contributed by atoms with E-state index in [0.29, 0.717) is 6.04 Å². The Balaban J connectivity index is 0.00000240. The number of rotatable bonds is 4. The van der Waals surface area contributed by atoms with Gasteiger partial charge in [0.1, 0.15) is 6.10 Å². The van der Waals surface area contributed by atoms with E-state index in [4.69, 9.17) is 9.47 Å². The zero-order valence-electron chi connectivity index (χ0n) is 17.7. The number of fused-ring (bicyclic) bond motifs is 1. The molecular weight excluding hydrogens is 479 g/mol. The second-order valence-electron chi connectivity index (χ2n) is 8.17. The number of morpholine rings is 1. The molecule has 1 aromatic rings. The van der Waals surface area contributed by atoms with Crippen molar-refractivity contribution in [2.24, 2.45) is 4.99 Å². The fourth-order valence-corrected chi connectivity index (χ4v) is 4.58. The third-order valence-electron chi connectivity index (χ3n) is 6.32. The molecule has 0 radical (unpaired) electrons. The molecule has 2 saturated heterocycles. The highest BCUT2D eigenvalue weighted by atomic mass is 127. The average molecular weight is 514 g/mol. The van der Waals surface area contributed by atoms with Crippen LogP contribution in [0.2, 0.25) is 0 Å². The molecule has 1 aromatic carbocycles. The van der Waals surface area contributed by atoms with Gasteiger partial charge in [-0.05, 0) is 37.3 Å². The minimum absolute atomic E-state index is 0. The number of guanidine groups is 1. The monoisotopic (exact) mass is 514 g/mol. The number of aliphatic imine (C=N–C) groups is 1. The Kier molecular flexibility index (Phi) is 8.58. The van der Waals surface area contributed by atoms with Crippen LogP contribution in [-0.2, 0) is 22.4 Å². The second-order valence-corrected chi connectivity index (χ2v) is 8.17. The number of nitrogens with one attached hydrogen (secondary N) is 1. The molecule has 3 atom stereocenters. The van der Waals surface area contributed by atoms with Gasteiger partial charge in [-0.3, -0.25) is 9.89 Å². The second kappa shape index (κ2) is 10.9. The minimum atomic E-state index is 0. The topological polar surface area (TPSA) is 49.3 Å². The molecule has 7 heteroatoms. The van der Waals surface area contributed by atoms with Crippen molar-refractivity contribution in [2.45, 2.75) is 51.0 Å². The summed E-state index contributed by atoms with van der Waals surface area (Å²) in [4.78, 5) is 9.44. The van der Waals surface area contributed by atoms with Crippen molar-refractivity contribution >= 4 is 29.9 Å². The Morgan fingerprint density at radius 3 is 2.72 bits per heavy atom. The molecule has 0 amide bonds. The van der Waals surface area contributed by atoms with Crippen LogP contribution in [0, 0.1) is 0 Å². The molecule has 3 aliphatic rings. The van der Waals surface area contributed by atoms with Crippen LogP contribution in [-0.4, -0.2) is 80.4 Å². The van der Waals surface area contributed by atoms with Gasteiger partial charge in [-0.15, -0.1) is 24.0 Å². The largest absolute Gasteiger partial charge is 0.375 e. The van der Waals surface area contributed by atoms with E-state index in [0.717, 1.165) is 71.2 Å². The van der Waals surface area contributed by atoms with Crippen molar-refractivity contribution in [1.29, 1.82) is 0 Å². The summed E-state index contributed by atoms with van der Waals surface area (Å²) in [6, 6.07) is 9.28. The highest BCUT2D eigenvalue weighted by molar-refractivity contribution is 14.0. The van der Waals surface area contributed by atoms with Crippen molar-refractivity contribution in [2.75, 3.05) is 46.4 Å². The fraction of sp³-hybridized carbons (Fsp3) is 0.682. The van der Waals surface area contributed by atoms with Crippen molar-refractivity contribution in [3.63, 3.8) is 0 Å². The van der Waals surface area contributed by atoms with Gasteiger partial charge in [0.05, 0.1) is 12.7 Å². The number of halogens is 1. The van der Waals surface area contributed by atoms with E-state index in [1.54, 1.807) is 0 Å². The molecule has 0 aliphatic carbocycles. The molecule has 0 saturated carbocycles. The first-order valence-corrected chi connectivity index (χ1v) is 10.7. The molecule has 3 unspecified atom stereocenters. The Labute approximate surface area is 192 Å². The number of benzene rings is 1. The third kappa shape index (κ3) is 5.62. The predicted octanol–water partition coefficient (Wildman–Crippen LogP) is 2.51. The lowest BCUT2D eigenvalue weighted by Gasteiger charge is -2.38. The van der Waals surface area contributed by atoms with E-state index in [2.05, 4.69) is 51.3 Å². The summed E-state index contributed by atoms with van der Waals surface area (Å²) < 4.78 is 11.8. The van der Waals surface area contributed by atoms with E-state index in [1.165, 1.54) is 11.1 Å². The van der Waals surface area contributed by atoms with Crippen LogP contribution >= 0.6 is 24.0 Å². The molecule has 162 valence electrons. The molecule has 3 heterocycles. The van der Waals surface area contributed by atoms with Crippen LogP contribution in [0.25, 0.3) is 0 Å². The van der Waals surface area contributed by atoms with Crippen LogP contribution in [0.3, 0.4) is 0 Å². The van der Waals surface area contributed by atoms with Crippen molar-refractivity contribution in [3.8, 4) is 0 Å². The first kappa shape index (κ1) is 22.8. The van der Waals surface area contributed by atoms with Gasteiger partial charge in [0.25, 0.3) is 0 Å². The fourth-order valence-electron chi connectivity index (χ4n) is 4.58. The Morgan fingerprint density at radius 2 is 1.97 bits per heavy atom. The Bertz CT molecular complexity index is 681. The van der Waals surface area contributed by atoms with Crippen LogP contribution < -0.4 is 5.32 Å². The smallest absolute Gasteiger partial charge is 0.193 e.